The lowest BCUT2D eigenvalue weighted by Gasteiger charge is -2.25. The van der Waals surface area contributed by atoms with Gasteiger partial charge >= 0.3 is 0 Å². The molecule has 7 heteroatoms. The summed E-state index contributed by atoms with van der Waals surface area (Å²) in [6, 6.07) is 8.79. The molecule has 126 valence electrons. The van der Waals surface area contributed by atoms with Gasteiger partial charge in [-0.3, -0.25) is 9.59 Å². The van der Waals surface area contributed by atoms with Crippen LogP contribution in [0, 0.1) is 0 Å². The number of hydrogen-bond donors (Lipinski definition) is 0. The zero-order valence-corrected chi connectivity index (χ0v) is 14.2. The molecule has 0 radical (unpaired) electrons. The molecular formula is C17H17NO5S. The van der Waals surface area contributed by atoms with Crippen LogP contribution in [-0.4, -0.2) is 31.6 Å². The Balaban J connectivity index is 2.19. The van der Waals surface area contributed by atoms with Gasteiger partial charge < -0.3 is 0 Å². The van der Waals surface area contributed by atoms with Gasteiger partial charge in [0.2, 0.25) is 0 Å². The van der Waals surface area contributed by atoms with Crippen molar-refractivity contribution in [2.75, 3.05) is 6.26 Å². The second-order valence-corrected chi connectivity index (χ2v) is 7.39. The molecule has 24 heavy (non-hydrogen) atoms. The molecule has 0 atom stereocenters. The van der Waals surface area contributed by atoms with Crippen LogP contribution in [-0.2, 0) is 20.8 Å². The van der Waals surface area contributed by atoms with Gasteiger partial charge in [-0.1, -0.05) is 31.5 Å². The Labute approximate surface area is 140 Å². The van der Waals surface area contributed by atoms with Crippen molar-refractivity contribution in [3.63, 3.8) is 0 Å². The number of nitrogens with zero attached hydrogens (tertiary/aromatic N) is 1. The number of benzene rings is 2. The third kappa shape index (κ3) is 2.92. The Hall–Kier alpha value is -2.25. The Morgan fingerprint density at radius 3 is 2.46 bits per heavy atom. The van der Waals surface area contributed by atoms with Gasteiger partial charge in [0.15, 0.2) is 0 Å². The summed E-state index contributed by atoms with van der Waals surface area (Å²) in [4.78, 5) is 25.1. The van der Waals surface area contributed by atoms with E-state index in [0.29, 0.717) is 10.4 Å². The molecule has 2 aromatic rings. The van der Waals surface area contributed by atoms with Crippen molar-refractivity contribution in [3.05, 3.63) is 47.0 Å². The summed E-state index contributed by atoms with van der Waals surface area (Å²) < 4.78 is 27.4. The molecule has 0 saturated heterocycles. The number of imide groups is 1. The van der Waals surface area contributed by atoms with Crippen LogP contribution in [0.1, 0.15) is 46.0 Å². The molecular weight excluding hydrogens is 330 g/mol. The Morgan fingerprint density at radius 1 is 1.08 bits per heavy atom. The van der Waals surface area contributed by atoms with E-state index in [2.05, 4.69) is 11.2 Å². The number of carbonyl (C=O) groups is 2. The smallest absolute Gasteiger partial charge is 0.266 e. The van der Waals surface area contributed by atoms with Crippen molar-refractivity contribution in [2.24, 2.45) is 0 Å². The molecule has 0 spiro atoms. The number of carbonyl (C=O) groups excluding carboxylic acids is 2. The van der Waals surface area contributed by atoms with E-state index in [0.717, 1.165) is 36.5 Å². The van der Waals surface area contributed by atoms with E-state index in [-0.39, 0.29) is 11.1 Å². The summed E-state index contributed by atoms with van der Waals surface area (Å²) in [7, 11) is -4.00. The maximum absolute atomic E-state index is 12.6. The van der Waals surface area contributed by atoms with Crippen molar-refractivity contribution in [1.82, 2.24) is 5.06 Å². The minimum Gasteiger partial charge on any atom is -0.266 e. The van der Waals surface area contributed by atoms with Crippen LogP contribution in [0.15, 0.2) is 30.3 Å². The molecule has 2 amide bonds. The van der Waals surface area contributed by atoms with Crippen LogP contribution in [0.25, 0.3) is 10.8 Å². The molecule has 1 heterocycles. The van der Waals surface area contributed by atoms with Crippen LogP contribution in [0.4, 0.5) is 0 Å². The van der Waals surface area contributed by atoms with E-state index in [9.17, 15) is 18.0 Å². The minimum absolute atomic E-state index is 0.257. The van der Waals surface area contributed by atoms with E-state index in [1.54, 1.807) is 18.2 Å². The Bertz CT molecular complexity index is 949. The summed E-state index contributed by atoms with van der Waals surface area (Å²) in [6.07, 6.45) is 3.59. The van der Waals surface area contributed by atoms with Crippen LogP contribution in [0.5, 0.6) is 0 Å². The highest BCUT2D eigenvalue weighted by Gasteiger charge is 2.36. The van der Waals surface area contributed by atoms with Gasteiger partial charge in [-0.25, -0.2) is 0 Å². The second kappa shape index (κ2) is 5.99. The van der Waals surface area contributed by atoms with Gasteiger partial charge in [0.25, 0.3) is 21.9 Å². The Morgan fingerprint density at radius 2 is 1.79 bits per heavy atom. The fourth-order valence-corrected chi connectivity index (χ4v) is 3.28. The van der Waals surface area contributed by atoms with E-state index in [1.165, 1.54) is 0 Å². The van der Waals surface area contributed by atoms with Crippen molar-refractivity contribution in [1.29, 1.82) is 0 Å². The number of hydrogen-bond acceptors (Lipinski definition) is 5. The molecule has 1 aliphatic rings. The molecule has 0 unspecified atom stereocenters. The average molecular weight is 347 g/mol. The Kier molecular flexibility index (Phi) is 4.15. The second-order valence-electron chi connectivity index (χ2n) is 5.83. The van der Waals surface area contributed by atoms with Crippen LogP contribution < -0.4 is 0 Å². The lowest BCUT2D eigenvalue weighted by Crippen LogP contribution is -2.41. The largest absolute Gasteiger partial charge is 0.286 e. The van der Waals surface area contributed by atoms with Gasteiger partial charge in [-0.2, -0.15) is 8.42 Å². The zero-order valence-electron chi connectivity index (χ0n) is 13.4. The van der Waals surface area contributed by atoms with E-state index in [4.69, 9.17) is 0 Å². The first-order valence-corrected chi connectivity index (χ1v) is 9.47. The predicted octanol–water partition coefficient (Wildman–Crippen LogP) is 2.67. The summed E-state index contributed by atoms with van der Waals surface area (Å²) in [5, 5.41) is 1.66. The highest BCUT2D eigenvalue weighted by molar-refractivity contribution is 7.85. The molecule has 3 rings (SSSR count). The van der Waals surface area contributed by atoms with Crippen molar-refractivity contribution < 1.29 is 22.3 Å². The van der Waals surface area contributed by atoms with Crippen molar-refractivity contribution >= 4 is 32.7 Å². The van der Waals surface area contributed by atoms with Gasteiger partial charge in [0.05, 0.1) is 17.4 Å². The summed E-state index contributed by atoms with van der Waals surface area (Å²) in [6.45, 7) is 2.08. The third-order valence-electron chi connectivity index (χ3n) is 3.90. The normalized spacial score (nSPS) is 14.5. The molecule has 0 fully saturated rings. The third-order valence-corrected chi connectivity index (χ3v) is 4.32. The molecule has 0 saturated carbocycles. The highest BCUT2D eigenvalue weighted by atomic mass is 32.2. The first-order valence-electron chi connectivity index (χ1n) is 7.66. The number of amides is 2. The molecule has 0 bridgehead atoms. The maximum atomic E-state index is 12.6. The molecule has 0 aliphatic carbocycles. The molecule has 0 aromatic heterocycles. The lowest BCUT2D eigenvalue weighted by atomic mass is 9.92. The van der Waals surface area contributed by atoms with Crippen molar-refractivity contribution in [3.8, 4) is 0 Å². The summed E-state index contributed by atoms with van der Waals surface area (Å²) in [5.41, 5.74) is 1.52. The van der Waals surface area contributed by atoms with Crippen LogP contribution >= 0.6 is 0 Å². The molecule has 6 nitrogen and oxygen atoms in total. The molecule has 0 N–H and O–H groups in total. The van der Waals surface area contributed by atoms with Gasteiger partial charge in [0.1, 0.15) is 0 Å². The number of hydroxylamine groups is 2. The molecule has 2 aromatic carbocycles. The SMILES string of the molecule is CCCCc1cc2c3c(cccc3c1)C(=O)N(OS(C)(=O)=O)C2=O. The molecule has 1 aliphatic heterocycles. The topological polar surface area (TPSA) is 80.8 Å². The average Bonchev–Trinajstić information content (AvgIpc) is 2.53. The monoisotopic (exact) mass is 347 g/mol. The van der Waals surface area contributed by atoms with Crippen LogP contribution in [0.3, 0.4) is 0 Å². The van der Waals surface area contributed by atoms with E-state index in [1.807, 2.05) is 12.1 Å². The van der Waals surface area contributed by atoms with Gasteiger partial charge in [-0.05, 0) is 35.9 Å². The number of aryl methyl sites for hydroxylation is 1. The number of unbranched alkanes of at least 4 members (excludes halogenated alkanes) is 1. The zero-order chi connectivity index (χ0) is 17.5. The van der Waals surface area contributed by atoms with Crippen molar-refractivity contribution in [2.45, 2.75) is 26.2 Å². The van der Waals surface area contributed by atoms with Gasteiger partial charge in [-0.15, -0.1) is 9.35 Å². The van der Waals surface area contributed by atoms with E-state index >= 15 is 0 Å². The first kappa shape index (κ1) is 16.6. The summed E-state index contributed by atoms with van der Waals surface area (Å²) in [5.74, 6) is -1.53. The minimum atomic E-state index is -4.00. The maximum Gasteiger partial charge on any atom is 0.286 e. The lowest BCUT2D eigenvalue weighted by molar-refractivity contribution is -0.0149. The highest BCUT2D eigenvalue weighted by Crippen LogP contribution is 2.32. The standard InChI is InChI=1S/C17H17NO5S/c1-3-4-6-11-9-12-7-5-8-13-15(12)14(10-11)17(20)18(16(13)19)23-24(2,21)22/h5,7-10H,3-4,6H2,1-2H3. The van der Waals surface area contributed by atoms with Crippen LogP contribution in [0.2, 0.25) is 0 Å². The number of rotatable bonds is 5. The quantitative estimate of drug-likeness (QED) is 0.777. The fourth-order valence-electron chi connectivity index (χ4n) is 2.88. The van der Waals surface area contributed by atoms with E-state index < -0.39 is 21.9 Å². The predicted molar refractivity (Wildman–Crippen MR) is 89.0 cm³/mol. The summed E-state index contributed by atoms with van der Waals surface area (Å²) >= 11 is 0. The fraction of sp³-hybridized carbons (Fsp3) is 0.294. The first-order chi connectivity index (χ1) is 11.3. The van der Waals surface area contributed by atoms with Gasteiger partial charge in [0, 0.05) is 5.39 Å².